The molecular weight excluding hydrogens is 414 g/mol. The van der Waals surface area contributed by atoms with Crippen LogP contribution < -0.4 is 10.2 Å². The fraction of sp³-hybridized carbons (Fsp3) is 0.455. The van der Waals surface area contributed by atoms with E-state index in [2.05, 4.69) is 21.3 Å². The fourth-order valence-electron chi connectivity index (χ4n) is 3.92. The SMILES string of the molecule is CC1(O)CCN(c2ccc3nccc(C(=O)NCC(=O)N4CSCC4C#N)c3c2)CC1. The Morgan fingerprint density at radius 2 is 2.13 bits per heavy atom. The summed E-state index contributed by atoms with van der Waals surface area (Å²) in [5, 5.41) is 22.8. The largest absolute Gasteiger partial charge is 0.390 e. The number of nitriles is 1. The van der Waals surface area contributed by atoms with Crippen LogP contribution in [0.2, 0.25) is 0 Å². The molecule has 0 aliphatic carbocycles. The topological polar surface area (TPSA) is 110 Å². The normalized spacial score (nSPS) is 20.5. The van der Waals surface area contributed by atoms with Crippen molar-refractivity contribution in [2.45, 2.75) is 31.4 Å². The number of thioether (sulfide) groups is 1. The van der Waals surface area contributed by atoms with Gasteiger partial charge < -0.3 is 20.2 Å². The molecule has 4 rings (SSSR count). The molecular formula is C22H25N5O3S. The Morgan fingerprint density at radius 1 is 1.35 bits per heavy atom. The lowest BCUT2D eigenvalue weighted by Gasteiger charge is -2.37. The van der Waals surface area contributed by atoms with Gasteiger partial charge in [-0.05, 0) is 44.0 Å². The number of nitrogens with one attached hydrogen (secondary N) is 1. The molecule has 2 fully saturated rings. The van der Waals surface area contributed by atoms with Crippen LogP contribution >= 0.6 is 11.8 Å². The predicted octanol–water partition coefficient (Wildman–Crippen LogP) is 1.74. The van der Waals surface area contributed by atoms with Crippen LogP contribution in [0.5, 0.6) is 0 Å². The van der Waals surface area contributed by atoms with Crippen molar-refractivity contribution in [3.8, 4) is 6.07 Å². The maximum absolute atomic E-state index is 12.9. The standard InChI is InChI=1S/C22H25N5O3S/c1-22(30)5-8-26(9-6-22)15-2-3-19-18(10-15)17(4-7-24-19)21(29)25-12-20(28)27-14-31-13-16(27)11-23/h2-4,7,10,16,30H,5-6,8-9,12-14H2,1H3,(H,25,29). The van der Waals surface area contributed by atoms with Gasteiger partial charge in [0.05, 0.1) is 35.2 Å². The number of benzene rings is 1. The zero-order valence-corrected chi connectivity index (χ0v) is 18.2. The highest BCUT2D eigenvalue weighted by molar-refractivity contribution is 7.99. The van der Waals surface area contributed by atoms with Gasteiger partial charge in [-0.25, -0.2) is 0 Å². The van der Waals surface area contributed by atoms with Crippen molar-refractivity contribution < 1.29 is 14.7 Å². The van der Waals surface area contributed by atoms with Crippen molar-refractivity contribution in [2.24, 2.45) is 0 Å². The molecule has 2 saturated heterocycles. The summed E-state index contributed by atoms with van der Waals surface area (Å²) in [5.41, 5.74) is 1.50. The molecule has 9 heteroatoms. The molecule has 0 saturated carbocycles. The number of amides is 2. The van der Waals surface area contributed by atoms with Gasteiger partial charge >= 0.3 is 0 Å². The second-order valence-corrected chi connectivity index (χ2v) is 9.23. The molecule has 2 N–H and O–H groups in total. The van der Waals surface area contributed by atoms with Crippen LogP contribution in [0.25, 0.3) is 10.9 Å². The minimum atomic E-state index is -0.634. The Balaban J connectivity index is 1.50. The maximum Gasteiger partial charge on any atom is 0.252 e. The molecule has 162 valence electrons. The number of carbonyl (C=O) groups is 2. The zero-order valence-electron chi connectivity index (χ0n) is 17.4. The number of carbonyl (C=O) groups excluding carboxylic acids is 2. The van der Waals surface area contributed by atoms with Crippen molar-refractivity contribution in [3.63, 3.8) is 0 Å². The molecule has 1 unspecified atom stereocenters. The van der Waals surface area contributed by atoms with Crippen LogP contribution in [-0.4, -0.2) is 69.7 Å². The van der Waals surface area contributed by atoms with E-state index in [0.29, 0.717) is 40.9 Å². The van der Waals surface area contributed by atoms with Crippen LogP contribution in [0.1, 0.15) is 30.1 Å². The Hall–Kier alpha value is -2.83. The number of pyridine rings is 1. The van der Waals surface area contributed by atoms with Crippen molar-refractivity contribution >= 4 is 40.2 Å². The fourth-order valence-corrected chi connectivity index (χ4v) is 5.03. The summed E-state index contributed by atoms with van der Waals surface area (Å²) in [7, 11) is 0. The lowest BCUT2D eigenvalue weighted by Crippen LogP contribution is -2.42. The number of aliphatic hydroxyl groups is 1. The van der Waals surface area contributed by atoms with E-state index in [-0.39, 0.29) is 18.4 Å². The third-order valence-corrected chi connectivity index (χ3v) is 6.94. The summed E-state index contributed by atoms with van der Waals surface area (Å²) >= 11 is 1.53. The molecule has 2 aliphatic rings. The van der Waals surface area contributed by atoms with E-state index in [1.54, 1.807) is 12.3 Å². The highest BCUT2D eigenvalue weighted by Crippen LogP contribution is 2.29. The molecule has 2 amide bonds. The molecule has 2 aromatic rings. The van der Waals surface area contributed by atoms with Gasteiger partial charge in [-0.1, -0.05) is 0 Å². The van der Waals surface area contributed by atoms with Crippen LogP contribution in [0.4, 0.5) is 5.69 Å². The number of anilines is 1. The third-order valence-electron chi connectivity index (χ3n) is 5.93. The monoisotopic (exact) mass is 439 g/mol. The first kappa shape index (κ1) is 21.4. The molecule has 1 atom stereocenters. The molecule has 8 nitrogen and oxygen atoms in total. The number of hydrogen-bond acceptors (Lipinski definition) is 7. The second-order valence-electron chi connectivity index (χ2n) is 8.23. The summed E-state index contributed by atoms with van der Waals surface area (Å²) < 4.78 is 0. The smallest absolute Gasteiger partial charge is 0.252 e. The van der Waals surface area contributed by atoms with Gasteiger partial charge in [0.1, 0.15) is 6.04 Å². The number of nitrogens with zero attached hydrogens (tertiary/aromatic N) is 4. The average molecular weight is 440 g/mol. The summed E-state index contributed by atoms with van der Waals surface area (Å²) in [6.07, 6.45) is 2.96. The van der Waals surface area contributed by atoms with E-state index >= 15 is 0 Å². The van der Waals surface area contributed by atoms with Gasteiger partial charge in [0, 0.05) is 36.1 Å². The van der Waals surface area contributed by atoms with E-state index < -0.39 is 11.6 Å². The number of hydrogen-bond donors (Lipinski definition) is 2. The van der Waals surface area contributed by atoms with Crippen LogP contribution in [0.15, 0.2) is 30.5 Å². The van der Waals surface area contributed by atoms with Crippen molar-refractivity contribution in [1.29, 1.82) is 5.26 Å². The van der Waals surface area contributed by atoms with Crippen LogP contribution in [0, 0.1) is 11.3 Å². The van der Waals surface area contributed by atoms with E-state index in [1.807, 2.05) is 25.1 Å². The van der Waals surface area contributed by atoms with Crippen molar-refractivity contribution in [3.05, 3.63) is 36.0 Å². The van der Waals surface area contributed by atoms with Gasteiger partial charge in [0.15, 0.2) is 0 Å². The van der Waals surface area contributed by atoms with Crippen molar-refractivity contribution in [2.75, 3.05) is 36.2 Å². The Bertz CT molecular complexity index is 1040. The molecule has 31 heavy (non-hydrogen) atoms. The van der Waals surface area contributed by atoms with Gasteiger partial charge in [-0.2, -0.15) is 5.26 Å². The number of fused-ring (bicyclic) bond motifs is 1. The molecule has 2 aliphatic heterocycles. The highest BCUT2D eigenvalue weighted by atomic mass is 32.2. The van der Waals surface area contributed by atoms with Gasteiger partial charge in [0.2, 0.25) is 5.91 Å². The number of rotatable bonds is 4. The van der Waals surface area contributed by atoms with E-state index in [4.69, 9.17) is 5.26 Å². The first-order chi connectivity index (χ1) is 14.9. The summed E-state index contributed by atoms with van der Waals surface area (Å²) in [6.45, 7) is 3.19. The molecule has 1 aromatic carbocycles. The second kappa shape index (κ2) is 8.73. The molecule has 0 radical (unpaired) electrons. The molecule has 0 spiro atoms. The van der Waals surface area contributed by atoms with E-state index in [1.165, 1.54) is 16.7 Å². The lowest BCUT2D eigenvalue weighted by atomic mass is 9.93. The molecule has 1 aromatic heterocycles. The van der Waals surface area contributed by atoms with Gasteiger partial charge in [0.25, 0.3) is 5.91 Å². The Kier molecular flexibility index (Phi) is 6.03. The predicted molar refractivity (Wildman–Crippen MR) is 120 cm³/mol. The van der Waals surface area contributed by atoms with E-state index in [0.717, 1.165) is 18.8 Å². The average Bonchev–Trinajstić information content (AvgIpc) is 3.25. The third kappa shape index (κ3) is 4.60. The first-order valence-corrected chi connectivity index (χ1v) is 11.4. The lowest BCUT2D eigenvalue weighted by molar-refractivity contribution is -0.129. The summed E-state index contributed by atoms with van der Waals surface area (Å²) in [6, 6.07) is 9.15. The molecule has 0 bridgehead atoms. The van der Waals surface area contributed by atoms with Gasteiger partial charge in [-0.15, -0.1) is 11.8 Å². The summed E-state index contributed by atoms with van der Waals surface area (Å²) in [4.78, 5) is 33.4. The van der Waals surface area contributed by atoms with Crippen molar-refractivity contribution in [1.82, 2.24) is 15.2 Å². The van der Waals surface area contributed by atoms with Gasteiger partial charge in [-0.3, -0.25) is 14.6 Å². The van der Waals surface area contributed by atoms with Crippen LogP contribution in [0.3, 0.4) is 0 Å². The maximum atomic E-state index is 12.9. The minimum Gasteiger partial charge on any atom is -0.390 e. The highest BCUT2D eigenvalue weighted by Gasteiger charge is 2.29. The number of piperidine rings is 1. The zero-order chi connectivity index (χ0) is 22.0. The first-order valence-electron chi connectivity index (χ1n) is 10.3. The quantitative estimate of drug-likeness (QED) is 0.747. The Morgan fingerprint density at radius 3 is 2.87 bits per heavy atom. The minimum absolute atomic E-state index is 0.151. The Labute approximate surface area is 185 Å². The molecule has 3 heterocycles. The summed E-state index contributed by atoms with van der Waals surface area (Å²) in [5.74, 6) is 0.459. The van der Waals surface area contributed by atoms with E-state index in [9.17, 15) is 14.7 Å². The van der Waals surface area contributed by atoms with Crippen LogP contribution in [-0.2, 0) is 4.79 Å². The number of aromatic nitrogens is 1.